The Morgan fingerprint density at radius 2 is 2.00 bits per heavy atom. The van der Waals surface area contributed by atoms with Crippen LogP contribution in [0.1, 0.15) is 12.5 Å². The molecule has 0 aliphatic heterocycles. The number of hydrogen-bond acceptors (Lipinski definition) is 2. The summed E-state index contributed by atoms with van der Waals surface area (Å²) in [5.41, 5.74) is 0.367. The Morgan fingerprint density at radius 3 is 2.47 bits per heavy atom. The second kappa shape index (κ2) is 5.98. The molecule has 0 spiro atoms. The summed E-state index contributed by atoms with van der Waals surface area (Å²) in [5, 5.41) is 2.53. The van der Waals surface area contributed by atoms with Crippen molar-refractivity contribution in [2.24, 2.45) is 0 Å². The topological polar surface area (TPSA) is 38.3 Å². The summed E-state index contributed by atoms with van der Waals surface area (Å²) >= 11 is 0. The minimum atomic E-state index is -0.758. The smallest absolute Gasteiger partial charge is 0.217 e. The lowest BCUT2D eigenvalue weighted by atomic mass is 10.2. The number of carbonyl (C=O) groups excluding carboxylic acids is 1. The van der Waals surface area contributed by atoms with Crippen molar-refractivity contribution < 1.29 is 18.3 Å². The third-order valence-corrected chi connectivity index (χ3v) is 2.00. The molecule has 0 fully saturated rings. The fourth-order valence-electron chi connectivity index (χ4n) is 1.27. The van der Waals surface area contributed by atoms with Gasteiger partial charge in [0.25, 0.3) is 0 Å². The van der Waals surface area contributed by atoms with Gasteiger partial charge in [-0.3, -0.25) is 4.79 Å². The molecule has 1 rings (SSSR count). The first-order chi connectivity index (χ1) is 8.04. The second-order valence-corrected chi connectivity index (χ2v) is 3.36. The van der Waals surface area contributed by atoms with Crippen LogP contribution in [0.3, 0.4) is 0 Å². The van der Waals surface area contributed by atoms with E-state index in [1.165, 1.54) is 20.1 Å². The van der Waals surface area contributed by atoms with Crippen molar-refractivity contribution in [1.82, 2.24) is 5.32 Å². The van der Waals surface area contributed by atoms with Gasteiger partial charge in [0.15, 0.2) is 17.4 Å². The van der Waals surface area contributed by atoms with Gasteiger partial charge in [0.2, 0.25) is 5.91 Å². The average Bonchev–Trinajstić information content (AvgIpc) is 2.24. The minimum Gasteiger partial charge on any atom is -0.491 e. The van der Waals surface area contributed by atoms with Gasteiger partial charge in [-0.1, -0.05) is 12.2 Å². The Morgan fingerprint density at radius 1 is 1.41 bits per heavy atom. The van der Waals surface area contributed by atoms with Crippen LogP contribution >= 0.6 is 0 Å². The Hall–Kier alpha value is -1.91. The van der Waals surface area contributed by atoms with Crippen LogP contribution in [0.5, 0.6) is 5.75 Å². The van der Waals surface area contributed by atoms with Gasteiger partial charge < -0.3 is 10.1 Å². The summed E-state index contributed by atoms with van der Waals surface area (Å²) in [4.78, 5) is 10.6. The number of benzene rings is 1. The fraction of sp³-hybridized carbons (Fsp3) is 0.250. The lowest BCUT2D eigenvalue weighted by Gasteiger charge is -2.04. The van der Waals surface area contributed by atoms with Crippen LogP contribution in [0.25, 0.3) is 6.08 Å². The van der Waals surface area contributed by atoms with Crippen molar-refractivity contribution in [2.45, 2.75) is 6.92 Å². The van der Waals surface area contributed by atoms with E-state index in [0.717, 1.165) is 12.1 Å². The molecule has 1 aromatic rings. The van der Waals surface area contributed by atoms with Gasteiger partial charge in [0, 0.05) is 13.5 Å². The minimum absolute atomic E-state index is 0.165. The third kappa shape index (κ3) is 3.86. The number of nitrogens with one attached hydrogen (secondary N) is 1. The van der Waals surface area contributed by atoms with E-state index in [1.54, 1.807) is 6.08 Å². The first-order valence-electron chi connectivity index (χ1n) is 4.98. The molecule has 0 aliphatic carbocycles. The molecule has 17 heavy (non-hydrogen) atoms. The van der Waals surface area contributed by atoms with Crippen LogP contribution in [0.15, 0.2) is 18.2 Å². The number of methoxy groups -OCH3 is 1. The molecule has 0 aromatic heterocycles. The highest BCUT2D eigenvalue weighted by molar-refractivity contribution is 5.73. The highest BCUT2D eigenvalue weighted by Crippen LogP contribution is 2.23. The summed E-state index contributed by atoms with van der Waals surface area (Å²) in [6, 6.07) is 2.32. The molecule has 1 aromatic carbocycles. The molecule has 0 saturated heterocycles. The number of amides is 1. The average molecular weight is 241 g/mol. The number of halogens is 2. The molecule has 92 valence electrons. The standard InChI is InChI=1S/C12H13F2NO2/c1-8(16)15-5-3-4-9-6-10(13)12(17-2)11(14)7-9/h3-4,6-7H,5H2,1-2H3,(H,15,16). The molecule has 0 aliphatic rings. The predicted molar refractivity (Wildman–Crippen MR) is 60.6 cm³/mol. The summed E-state index contributed by atoms with van der Waals surface area (Å²) in [7, 11) is 1.20. The molecular weight excluding hydrogens is 228 g/mol. The molecule has 0 unspecified atom stereocenters. The Bertz CT molecular complexity index is 421. The molecule has 0 saturated carbocycles. The van der Waals surface area contributed by atoms with E-state index in [4.69, 9.17) is 0 Å². The highest BCUT2D eigenvalue weighted by atomic mass is 19.1. The maximum atomic E-state index is 13.3. The number of carbonyl (C=O) groups is 1. The van der Waals surface area contributed by atoms with Gasteiger partial charge in [-0.25, -0.2) is 8.78 Å². The Labute approximate surface area is 98.1 Å². The van der Waals surface area contributed by atoms with Gasteiger partial charge >= 0.3 is 0 Å². The molecule has 5 heteroatoms. The van der Waals surface area contributed by atoms with E-state index >= 15 is 0 Å². The monoisotopic (exact) mass is 241 g/mol. The molecule has 3 nitrogen and oxygen atoms in total. The fourth-order valence-corrected chi connectivity index (χ4v) is 1.27. The second-order valence-electron chi connectivity index (χ2n) is 3.36. The van der Waals surface area contributed by atoms with Crippen molar-refractivity contribution >= 4 is 12.0 Å². The van der Waals surface area contributed by atoms with Gasteiger partial charge in [-0.15, -0.1) is 0 Å². The quantitative estimate of drug-likeness (QED) is 0.876. The molecule has 0 heterocycles. The summed E-state index contributed by atoms with van der Waals surface area (Å²) in [6.45, 7) is 1.70. The van der Waals surface area contributed by atoms with Crippen molar-refractivity contribution in [3.63, 3.8) is 0 Å². The molecule has 0 radical (unpaired) electrons. The van der Waals surface area contributed by atoms with Gasteiger partial charge in [0.05, 0.1) is 7.11 Å². The van der Waals surface area contributed by atoms with Crippen LogP contribution in [-0.2, 0) is 4.79 Å². The van der Waals surface area contributed by atoms with Crippen LogP contribution in [-0.4, -0.2) is 19.6 Å². The summed E-state index contributed by atoms with van der Waals surface area (Å²) in [5.74, 6) is -2.08. The van der Waals surface area contributed by atoms with Crippen molar-refractivity contribution in [2.75, 3.05) is 13.7 Å². The zero-order valence-corrected chi connectivity index (χ0v) is 9.59. The molecular formula is C12H13F2NO2. The normalized spacial score (nSPS) is 10.6. The van der Waals surface area contributed by atoms with Crippen molar-refractivity contribution in [3.8, 4) is 5.75 Å². The molecule has 1 amide bonds. The summed E-state index contributed by atoms with van der Waals surface area (Å²) < 4.78 is 31.1. The van der Waals surface area contributed by atoms with Crippen LogP contribution in [0.4, 0.5) is 8.78 Å². The summed E-state index contributed by atoms with van der Waals surface area (Å²) in [6.07, 6.45) is 3.11. The van der Waals surface area contributed by atoms with E-state index in [0.29, 0.717) is 12.1 Å². The Balaban J connectivity index is 2.76. The number of hydrogen-bond donors (Lipinski definition) is 1. The van der Waals surface area contributed by atoms with Gasteiger partial charge in [-0.2, -0.15) is 0 Å². The van der Waals surface area contributed by atoms with E-state index in [-0.39, 0.29) is 5.91 Å². The number of ether oxygens (including phenoxy) is 1. The molecule has 0 atom stereocenters. The third-order valence-electron chi connectivity index (χ3n) is 2.00. The maximum Gasteiger partial charge on any atom is 0.217 e. The highest BCUT2D eigenvalue weighted by Gasteiger charge is 2.09. The zero-order chi connectivity index (χ0) is 12.8. The van der Waals surface area contributed by atoms with E-state index in [2.05, 4.69) is 10.1 Å². The Kier molecular flexibility index (Phi) is 4.63. The van der Waals surface area contributed by atoms with Crippen LogP contribution in [0.2, 0.25) is 0 Å². The van der Waals surface area contributed by atoms with Gasteiger partial charge in [0.1, 0.15) is 0 Å². The number of rotatable bonds is 4. The first kappa shape index (κ1) is 13.2. The van der Waals surface area contributed by atoms with Crippen LogP contribution < -0.4 is 10.1 Å². The maximum absolute atomic E-state index is 13.3. The van der Waals surface area contributed by atoms with E-state index in [9.17, 15) is 13.6 Å². The van der Waals surface area contributed by atoms with E-state index in [1.807, 2.05) is 0 Å². The largest absolute Gasteiger partial charge is 0.491 e. The lowest BCUT2D eigenvalue weighted by molar-refractivity contribution is -0.118. The molecule has 1 N–H and O–H groups in total. The van der Waals surface area contributed by atoms with E-state index < -0.39 is 17.4 Å². The SMILES string of the molecule is COc1c(F)cc(C=CCNC(C)=O)cc1F. The van der Waals surface area contributed by atoms with Crippen LogP contribution in [0, 0.1) is 11.6 Å². The first-order valence-corrected chi connectivity index (χ1v) is 4.98. The predicted octanol–water partition coefficient (Wildman–Crippen LogP) is 2.12. The van der Waals surface area contributed by atoms with Gasteiger partial charge in [-0.05, 0) is 17.7 Å². The van der Waals surface area contributed by atoms with Crippen molar-refractivity contribution in [1.29, 1.82) is 0 Å². The zero-order valence-electron chi connectivity index (χ0n) is 9.59. The molecule has 0 bridgehead atoms. The lowest BCUT2D eigenvalue weighted by Crippen LogP contribution is -2.19. The van der Waals surface area contributed by atoms with Crippen molar-refractivity contribution in [3.05, 3.63) is 35.4 Å².